The van der Waals surface area contributed by atoms with Crippen molar-refractivity contribution in [3.63, 3.8) is 0 Å². The molecule has 0 aromatic carbocycles. The molecule has 0 saturated carbocycles. The molecular formula is C3H10NNaO3S. The van der Waals surface area contributed by atoms with Crippen LogP contribution in [-0.2, 0) is 14.5 Å². The molecule has 0 aliphatic carbocycles. The summed E-state index contributed by atoms with van der Waals surface area (Å²) in [6.45, 7) is 1.78. The Balaban J connectivity index is 0. The predicted octanol–water partition coefficient (Wildman–Crippen LogP) is -1.16. The molecule has 0 heterocycles. The van der Waals surface area contributed by atoms with Gasteiger partial charge in [-0.2, -0.15) is 13.1 Å². The van der Waals surface area contributed by atoms with Gasteiger partial charge in [0.1, 0.15) is 0 Å². The maximum atomic E-state index is 10.3. The summed E-state index contributed by atoms with van der Waals surface area (Å²) in [5.74, 6) is 0. The minimum atomic E-state index is -3.42. The molecule has 9 heavy (non-hydrogen) atoms. The van der Waals surface area contributed by atoms with Crippen LogP contribution < -0.4 is 4.72 Å². The molecule has 0 atom stereocenters. The molecule has 0 saturated heterocycles. The van der Waals surface area contributed by atoms with Crippen LogP contribution in [0.5, 0.6) is 0 Å². The van der Waals surface area contributed by atoms with Crippen molar-refractivity contribution in [2.75, 3.05) is 13.7 Å². The third kappa shape index (κ3) is 6.76. The van der Waals surface area contributed by atoms with Crippen LogP contribution in [0.15, 0.2) is 0 Å². The number of hydrogen-bond donors (Lipinski definition) is 1. The molecule has 0 aliphatic rings. The Bertz CT molecular complexity index is 143. The van der Waals surface area contributed by atoms with Gasteiger partial charge in [0.05, 0.1) is 6.61 Å². The van der Waals surface area contributed by atoms with Crippen LogP contribution >= 0.6 is 0 Å². The van der Waals surface area contributed by atoms with E-state index in [1.807, 2.05) is 4.72 Å². The average molecular weight is 163 g/mol. The molecule has 0 bridgehead atoms. The summed E-state index contributed by atoms with van der Waals surface area (Å²) in [5.41, 5.74) is 0. The van der Waals surface area contributed by atoms with E-state index in [-0.39, 0.29) is 36.2 Å². The van der Waals surface area contributed by atoms with Crippen LogP contribution in [0.4, 0.5) is 0 Å². The van der Waals surface area contributed by atoms with Crippen LogP contribution in [0.2, 0.25) is 0 Å². The van der Waals surface area contributed by atoms with Gasteiger partial charge in [-0.15, -0.1) is 0 Å². The van der Waals surface area contributed by atoms with Gasteiger partial charge in [-0.3, -0.25) is 4.18 Å². The van der Waals surface area contributed by atoms with Gasteiger partial charge in [0.15, 0.2) is 0 Å². The van der Waals surface area contributed by atoms with Crippen molar-refractivity contribution in [3.05, 3.63) is 0 Å². The summed E-state index contributed by atoms with van der Waals surface area (Å²) in [6.07, 6.45) is 0. The Morgan fingerprint density at radius 3 is 2.11 bits per heavy atom. The molecular weight excluding hydrogens is 153 g/mol. The van der Waals surface area contributed by atoms with Gasteiger partial charge < -0.3 is 0 Å². The maximum absolute atomic E-state index is 10.3. The van der Waals surface area contributed by atoms with E-state index in [1.54, 1.807) is 6.92 Å². The number of rotatable bonds is 3. The SMILES string of the molecule is CCOS(=O)(=O)NC.[NaH]. The van der Waals surface area contributed by atoms with E-state index in [0.29, 0.717) is 0 Å². The first kappa shape index (κ1) is 12.5. The van der Waals surface area contributed by atoms with Crippen LogP contribution in [-0.4, -0.2) is 51.6 Å². The van der Waals surface area contributed by atoms with E-state index >= 15 is 0 Å². The molecule has 1 N–H and O–H groups in total. The Morgan fingerprint density at radius 1 is 1.56 bits per heavy atom. The molecule has 0 aromatic rings. The van der Waals surface area contributed by atoms with Crippen molar-refractivity contribution in [1.82, 2.24) is 4.72 Å². The van der Waals surface area contributed by atoms with Crippen molar-refractivity contribution in [2.45, 2.75) is 6.92 Å². The van der Waals surface area contributed by atoms with Gasteiger partial charge in [-0.05, 0) is 6.92 Å². The summed E-state index contributed by atoms with van der Waals surface area (Å²) in [5, 5.41) is 0. The van der Waals surface area contributed by atoms with E-state index in [9.17, 15) is 8.42 Å². The molecule has 4 nitrogen and oxygen atoms in total. The molecule has 0 amide bonds. The first-order valence-electron chi connectivity index (χ1n) is 2.20. The Kier molecular flexibility index (Phi) is 7.86. The van der Waals surface area contributed by atoms with E-state index in [4.69, 9.17) is 0 Å². The summed E-state index contributed by atoms with van der Waals surface area (Å²) in [4.78, 5) is 0. The zero-order valence-electron chi connectivity index (χ0n) is 4.84. The number of nitrogens with one attached hydrogen (secondary N) is 1. The number of hydrogen-bond acceptors (Lipinski definition) is 3. The zero-order chi connectivity index (χ0) is 6.62. The van der Waals surface area contributed by atoms with E-state index < -0.39 is 10.3 Å². The van der Waals surface area contributed by atoms with Gasteiger partial charge in [-0.25, -0.2) is 0 Å². The predicted molar refractivity (Wildman–Crippen MR) is 36.8 cm³/mol. The Hall–Kier alpha value is 0.870. The molecule has 0 aromatic heterocycles. The van der Waals surface area contributed by atoms with Crippen molar-refractivity contribution in [2.24, 2.45) is 0 Å². The van der Waals surface area contributed by atoms with Gasteiger partial charge >= 0.3 is 39.9 Å². The fourth-order valence-electron chi connectivity index (χ4n) is 0.214. The molecule has 0 fully saturated rings. The Morgan fingerprint density at radius 2 is 2.00 bits per heavy atom. The molecule has 0 rings (SSSR count). The van der Waals surface area contributed by atoms with Gasteiger partial charge in [-0.1, -0.05) is 0 Å². The standard InChI is InChI=1S/C3H9NO3S.Na.H/c1-3-7-8(5,6)4-2;;/h4H,3H2,1-2H3;;. The summed E-state index contributed by atoms with van der Waals surface area (Å²) in [6, 6.07) is 0. The van der Waals surface area contributed by atoms with Crippen molar-refractivity contribution >= 4 is 39.9 Å². The second-order valence-corrected chi connectivity index (χ2v) is 2.62. The fraction of sp³-hybridized carbons (Fsp3) is 1.00. The molecule has 0 aliphatic heterocycles. The minimum absolute atomic E-state index is 0. The van der Waals surface area contributed by atoms with Gasteiger partial charge in [0, 0.05) is 7.05 Å². The monoisotopic (exact) mass is 163 g/mol. The van der Waals surface area contributed by atoms with Crippen molar-refractivity contribution in [3.8, 4) is 0 Å². The molecule has 0 unspecified atom stereocenters. The second kappa shape index (κ2) is 5.64. The third-order valence-electron chi connectivity index (χ3n) is 0.523. The molecule has 0 radical (unpaired) electrons. The van der Waals surface area contributed by atoms with Crippen molar-refractivity contribution < 1.29 is 12.6 Å². The van der Waals surface area contributed by atoms with Crippen LogP contribution in [0, 0.1) is 0 Å². The van der Waals surface area contributed by atoms with Crippen LogP contribution in [0.1, 0.15) is 6.92 Å². The fourth-order valence-corrected chi connectivity index (χ4v) is 0.642. The third-order valence-corrected chi connectivity index (χ3v) is 1.57. The molecule has 52 valence electrons. The van der Waals surface area contributed by atoms with Crippen LogP contribution in [0.3, 0.4) is 0 Å². The average Bonchev–Trinajstić information content (AvgIpc) is 1.67. The molecule has 6 heteroatoms. The topological polar surface area (TPSA) is 55.4 Å². The van der Waals surface area contributed by atoms with E-state index in [0.717, 1.165) is 0 Å². The molecule has 0 spiro atoms. The quantitative estimate of drug-likeness (QED) is 0.534. The second-order valence-electron chi connectivity index (χ2n) is 1.06. The van der Waals surface area contributed by atoms with E-state index in [2.05, 4.69) is 4.18 Å². The summed E-state index contributed by atoms with van der Waals surface area (Å²) in [7, 11) is -2.12. The van der Waals surface area contributed by atoms with Crippen LogP contribution in [0.25, 0.3) is 0 Å². The van der Waals surface area contributed by atoms with E-state index in [1.165, 1.54) is 7.05 Å². The Labute approximate surface area is 77.5 Å². The summed E-state index contributed by atoms with van der Waals surface area (Å²) >= 11 is 0. The van der Waals surface area contributed by atoms with Gasteiger partial charge in [0.25, 0.3) is 0 Å². The first-order valence-corrected chi connectivity index (χ1v) is 3.61. The van der Waals surface area contributed by atoms with Crippen molar-refractivity contribution in [1.29, 1.82) is 0 Å². The zero-order valence-corrected chi connectivity index (χ0v) is 5.66. The van der Waals surface area contributed by atoms with Gasteiger partial charge in [0.2, 0.25) is 0 Å². The summed E-state index contributed by atoms with van der Waals surface area (Å²) < 4.78 is 26.8. The first-order chi connectivity index (χ1) is 3.62. The normalized spacial score (nSPS) is 10.4.